The highest BCUT2D eigenvalue weighted by molar-refractivity contribution is 5.84. The molecule has 0 aromatic carbocycles. The summed E-state index contributed by atoms with van der Waals surface area (Å²) in [6.07, 6.45) is -0.464. The third-order valence-corrected chi connectivity index (χ3v) is 1.72. The molecule has 0 saturated heterocycles. The highest BCUT2D eigenvalue weighted by Gasteiger charge is 2.20. The predicted octanol–water partition coefficient (Wildman–Crippen LogP) is -0.543. The molecule has 7 nitrogen and oxygen atoms in total. The summed E-state index contributed by atoms with van der Waals surface area (Å²) < 4.78 is 4.78. The van der Waals surface area contributed by atoms with Crippen molar-refractivity contribution in [2.45, 2.75) is 25.8 Å². The third kappa shape index (κ3) is 6.77. The van der Waals surface area contributed by atoms with E-state index >= 15 is 0 Å². The number of nitrogens with one attached hydrogen (secondary N) is 1. The number of carboxylic acids is 2. The molecular formula is C9H15NO6. The molecule has 1 atom stereocenters. The molecule has 0 unspecified atom stereocenters. The number of carboxylic acid groups (broad SMARTS) is 2. The lowest BCUT2D eigenvalue weighted by atomic mass is 10.1. The lowest BCUT2D eigenvalue weighted by Crippen LogP contribution is -2.42. The maximum atomic E-state index is 11.1. The zero-order chi connectivity index (χ0) is 12.6. The van der Waals surface area contributed by atoms with Crippen molar-refractivity contribution in [3.8, 4) is 0 Å². The Morgan fingerprint density at radius 1 is 1.31 bits per heavy atom. The van der Waals surface area contributed by atoms with Gasteiger partial charge in [-0.15, -0.1) is 0 Å². The first-order chi connectivity index (χ1) is 7.47. The van der Waals surface area contributed by atoms with Crippen molar-refractivity contribution < 1.29 is 29.3 Å². The molecule has 3 N–H and O–H groups in total. The smallest absolute Gasteiger partial charge is 0.326 e. The standard InChI is InChI=1S/C9H15NO6/c1-2-16-5-7(11)10-6(9(14)15)3-4-8(12)13/h6H,2-5H2,1H3,(H,10,11)(H,12,13)(H,14,15)/t6-/m0/s1. The van der Waals surface area contributed by atoms with Gasteiger partial charge in [-0.2, -0.15) is 0 Å². The number of hydrogen-bond donors (Lipinski definition) is 3. The van der Waals surface area contributed by atoms with Crippen molar-refractivity contribution in [2.24, 2.45) is 0 Å². The van der Waals surface area contributed by atoms with Crippen LogP contribution in [-0.4, -0.2) is 47.3 Å². The zero-order valence-electron chi connectivity index (χ0n) is 8.93. The minimum Gasteiger partial charge on any atom is -0.481 e. The second-order valence-corrected chi connectivity index (χ2v) is 3.03. The first-order valence-electron chi connectivity index (χ1n) is 4.79. The van der Waals surface area contributed by atoms with E-state index in [1.807, 2.05) is 0 Å². The van der Waals surface area contributed by atoms with E-state index in [-0.39, 0.29) is 19.4 Å². The van der Waals surface area contributed by atoms with Crippen molar-refractivity contribution in [1.29, 1.82) is 0 Å². The van der Waals surface area contributed by atoms with Crippen LogP contribution in [0, 0.1) is 0 Å². The minimum absolute atomic E-state index is 0.150. The van der Waals surface area contributed by atoms with E-state index in [4.69, 9.17) is 14.9 Å². The van der Waals surface area contributed by atoms with Gasteiger partial charge in [0.25, 0.3) is 0 Å². The Kier molecular flexibility index (Phi) is 6.86. The molecule has 0 radical (unpaired) electrons. The Balaban J connectivity index is 4.07. The summed E-state index contributed by atoms with van der Waals surface area (Å²) in [7, 11) is 0. The van der Waals surface area contributed by atoms with E-state index in [0.717, 1.165) is 0 Å². The molecule has 0 spiro atoms. The van der Waals surface area contributed by atoms with Crippen molar-refractivity contribution in [3.63, 3.8) is 0 Å². The van der Waals surface area contributed by atoms with Crippen molar-refractivity contribution in [1.82, 2.24) is 5.32 Å². The van der Waals surface area contributed by atoms with Gasteiger partial charge in [0.2, 0.25) is 5.91 Å². The van der Waals surface area contributed by atoms with Gasteiger partial charge in [-0.1, -0.05) is 0 Å². The van der Waals surface area contributed by atoms with Crippen LogP contribution in [-0.2, 0) is 19.1 Å². The van der Waals surface area contributed by atoms with Gasteiger partial charge >= 0.3 is 11.9 Å². The van der Waals surface area contributed by atoms with Gasteiger partial charge in [-0.3, -0.25) is 9.59 Å². The number of rotatable bonds is 8. The van der Waals surface area contributed by atoms with Crippen LogP contribution in [0.15, 0.2) is 0 Å². The first kappa shape index (κ1) is 14.4. The summed E-state index contributed by atoms with van der Waals surface area (Å²) in [6.45, 7) is 1.82. The van der Waals surface area contributed by atoms with E-state index < -0.39 is 23.9 Å². The number of ether oxygens (including phenoxy) is 1. The molecule has 0 aliphatic heterocycles. The van der Waals surface area contributed by atoms with Crippen LogP contribution in [0.4, 0.5) is 0 Å². The van der Waals surface area contributed by atoms with Crippen molar-refractivity contribution >= 4 is 17.8 Å². The van der Waals surface area contributed by atoms with Gasteiger partial charge in [0, 0.05) is 13.0 Å². The van der Waals surface area contributed by atoms with Gasteiger partial charge in [-0.05, 0) is 13.3 Å². The number of hydrogen-bond acceptors (Lipinski definition) is 4. The quantitative estimate of drug-likeness (QED) is 0.518. The summed E-state index contributed by atoms with van der Waals surface area (Å²) in [5.41, 5.74) is 0. The van der Waals surface area contributed by atoms with Crippen LogP contribution >= 0.6 is 0 Å². The molecule has 0 bridgehead atoms. The van der Waals surface area contributed by atoms with E-state index in [9.17, 15) is 14.4 Å². The lowest BCUT2D eigenvalue weighted by Gasteiger charge is -2.13. The molecule has 0 aromatic heterocycles. The van der Waals surface area contributed by atoms with Crippen LogP contribution < -0.4 is 5.32 Å². The highest BCUT2D eigenvalue weighted by Crippen LogP contribution is 1.98. The molecule has 0 heterocycles. The number of amides is 1. The van der Waals surface area contributed by atoms with E-state index in [0.29, 0.717) is 6.61 Å². The Hall–Kier alpha value is -1.63. The Morgan fingerprint density at radius 2 is 1.94 bits per heavy atom. The topological polar surface area (TPSA) is 113 Å². The zero-order valence-corrected chi connectivity index (χ0v) is 8.93. The maximum Gasteiger partial charge on any atom is 0.326 e. The summed E-state index contributed by atoms with van der Waals surface area (Å²) in [5, 5.41) is 19.3. The largest absolute Gasteiger partial charge is 0.481 e. The number of carbonyl (C=O) groups is 3. The predicted molar refractivity (Wildman–Crippen MR) is 52.9 cm³/mol. The number of carbonyl (C=O) groups excluding carboxylic acids is 1. The summed E-state index contributed by atoms with van der Waals surface area (Å²) in [5.74, 6) is -2.93. The molecule has 16 heavy (non-hydrogen) atoms. The van der Waals surface area contributed by atoms with Gasteiger partial charge in [0.1, 0.15) is 12.6 Å². The Bertz CT molecular complexity index is 265. The average Bonchev–Trinajstić information content (AvgIpc) is 2.20. The fourth-order valence-corrected chi connectivity index (χ4v) is 0.956. The molecule has 0 aromatic rings. The summed E-state index contributed by atoms with van der Waals surface area (Å²) >= 11 is 0. The Labute approximate surface area is 92.4 Å². The van der Waals surface area contributed by atoms with E-state index in [1.165, 1.54) is 0 Å². The highest BCUT2D eigenvalue weighted by atomic mass is 16.5. The molecular weight excluding hydrogens is 218 g/mol. The molecule has 1 amide bonds. The maximum absolute atomic E-state index is 11.1. The minimum atomic E-state index is -1.26. The van der Waals surface area contributed by atoms with Crippen LogP contribution in [0.2, 0.25) is 0 Å². The number of aliphatic carboxylic acids is 2. The Morgan fingerprint density at radius 3 is 2.38 bits per heavy atom. The monoisotopic (exact) mass is 233 g/mol. The summed E-state index contributed by atoms with van der Waals surface area (Å²) in [4.78, 5) is 32.0. The molecule has 0 aliphatic carbocycles. The van der Waals surface area contributed by atoms with Gasteiger partial charge in [-0.25, -0.2) is 4.79 Å². The second-order valence-electron chi connectivity index (χ2n) is 3.03. The summed E-state index contributed by atoms with van der Waals surface area (Å²) in [6, 6.07) is -1.19. The molecule has 7 heteroatoms. The second kappa shape index (κ2) is 7.63. The third-order valence-electron chi connectivity index (χ3n) is 1.72. The molecule has 0 rings (SSSR count). The van der Waals surface area contributed by atoms with Gasteiger partial charge in [0.15, 0.2) is 0 Å². The van der Waals surface area contributed by atoms with E-state index in [2.05, 4.69) is 5.32 Å². The SMILES string of the molecule is CCOCC(=O)N[C@@H](CCC(=O)O)C(=O)O. The van der Waals surface area contributed by atoms with Crippen LogP contribution in [0.3, 0.4) is 0 Å². The van der Waals surface area contributed by atoms with Crippen molar-refractivity contribution in [3.05, 3.63) is 0 Å². The van der Waals surface area contributed by atoms with Gasteiger partial charge in [0.05, 0.1) is 0 Å². The molecule has 92 valence electrons. The normalized spacial score (nSPS) is 11.8. The molecule has 0 fully saturated rings. The fourth-order valence-electron chi connectivity index (χ4n) is 0.956. The van der Waals surface area contributed by atoms with Crippen molar-refractivity contribution in [2.75, 3.05) is 13.2 Å². The van der Waals surface area contributed by atoms with Crippen LogP contribution in [0.5, 0.6) is 0 Å². The average molecular weight is 233 g/mol. The van der Waals surface area contributed by atoms with E-state index in [1.54, 1.807) is 6.92 Å². The van der Waals surface area contributed by atoms with Crippen LogP contribution in [0.1, 0.15) is 19.8 Å². The van der Waals surface area contributed by atoms with Gasteiger partial charge < -0.3 is 20.3 Å². The van der Waals surface area contributed by atoms with Crippen LogP contribution in [0.25, 0.3) is 0 Å². The fraction of sp³-hybridized carbons (Fsp3) is 0.667. The molecule has 0 aliphatic rings. The molecule has 0 saturated carbocycles. The first-order valence-corrected chi connectivity index (χ1v) is 4.79. The lowest BCUT2D eigenvalue weighted by molar-refractivity contribution is -0.143.